The summed E-state index contributed by atoms with van der Waals surface area (Å²) >= 11 is 0. The fraction of sp³-hybridized carbons (Fsp3) is 0.444. The molecule has 0 aliphatic carbocycles. The van der Waals surface area contributed by atoms with Crippen LogP contribution < -0.4 is 16.0 Å². The van der Waals surface area contributed by atoms with Crippen molar-refractivity contribution in [1.82, 2.24) is 15.6 Å². The highest BCUT2D eigenvalue weighted by Crippen LogP contribution is 2.28. The first-order chi connectivity index (χ1) is 13.0. The molecule has 0 aliphatic heterocycles. The number of alkyl halides is 3. The van der Waals surface area contributed by atoms with E-state index in [1.807, 2.05) is 19.1 Å². The Morgan fingerprint density at radius 2 is 2.04 bits per heavy atom. The van der Waals surface area contributed by atoms with Gasteiger partial charge in [-0.25, -0.2) is 4.98 Å². The highest BCUT2D eigenvalue weighted by Gasteiger charge is 2.30. The molecule has 2 aromatic heterocycles. The minimum Gasteiger partial charge on any atom is -0.469 e. The van der Waals surface area contributed by atoms with Gasteiger partial charge >= 0.3 is 6.18 Å². The smallest absolute Gasteiger partial charge is 0.417 e. The van der Waals surface area contributed by atoms with Gasteiger partial charge in [-0.05, 0) is 37.6 Å². The Morgan fingerprint density at radius 1 is 1.19 bits per heavy atom. The zero-order valence-corrected chi connectivity index (χ0v) is 15.1. The second kappa shape index (κ2) is 10.4. The van der Waals surface area contributed by atoms with E-state index in [0.29, 0.717) is 25.5 Å². The van der Waals surface area contributed by atoms with Crippen LogP contribution in [0.1, 0.15) is 24.7 Å². The number of furan rings is 1. The van der Waals surface area contributed by atoms with E-state index >= 15 is 0 Å². The number of nitrogens with zero attached hydrogens (tertiary/aromatic N) is 2. The van der Waals surface area contributed by atoms with Crippen LogP contribution in [0.3, 0.4) is 0 Å². The van der Waals surface area contributed by atoms with Crippen molar-refractivity contribution in [3.63, 3.8) is 0 Å². The van der Waals surface area contributed by atoms with Gasteiger partial charge in [0.2, 0.25) is 0 Å². The van der Waals surface area contributed by atoms with Crippen molar-refractivity contribution in [1.29, 1.82) is 0 Å². The Labute approximate surface area is 156 Å². The number of aliphatic imine (C=N–C) groups is 1. The second-order valence-corrected chi connectivity index (χ2v) is 5.73. The quantitative estimate of drug-likeness (QED) is 0.352. The molecule has 2 rings (SSSR count). The van der Waals surface area contributed by atoms with Crippen LogP contribution in [0.25, 0.3) is 0 Å². The largest absolute Gasteiger partial charge is 0.469 e. The molecule has 9 heteroatoms. The number of rotatable bonds is 9. The molecule has 0 fully saturated rings. The highest BCUT2D eigenvalue weighted by atomic mass is 19.4. The Hall–Kier alpha value is -2.71. The molecule has 0 saturated carbocycles. The fourth-order valence-electron chi connectivity index (χ4n) is 2.25. The maximum Gasteiger partial charge on any atom is 0.417 e. The predicted octanol–water partition coefficient (Wildman–Crippen LogP) is 3.29. The lowest BCUT2D eigenvalue weighted by Gasteiger charge is -2.11. The maximum absolute atomic E-state index is 12.5. The molecule has 0 saturated heterocycles. The lowest BCUT2D eigenvalue weighted by atomic mass is 10.3. The average Bonchev–Trinajstić information content (AvgIpc) is 3.14. The van der Waals surface area contributed by atoms with E-state index < -0.39 is 11.7 Å². The number of guanidine groups is 1. The van der Waals surface area contributed by atoms with Crippen LogP contribution >= 0.6 is 0 Å². The Balaban J connectivity index is 1.68. The molecule has 2 heterocycles. The lowest BCUT2D eigenvalue weighted by molar-refractivity contribution is -0.137. The van der Waals surface area contributed by atoms with Gasteiger partial charge in [0.25, 0.3) is 0 Å². The van der Waals surface area contributed by atoms with Crippen molar-refractivity contribution < 1.29 is 17.6 Å². The van der Waals surface area contributed by atoms with E-state index in [2.05, 4.69) is 25.9 Å². The number of anilines is 1. The summed E-state index contributed by atoms with van der Waals surface area (Å²) < 4.78 is 42.7. The van der Waals surface area contributed by atoms with Gasteiger partial charge in [0.05, 0.1) is 11.8 Å². The number of pyridine rings is 1. The third kappa shape index (κ3) is 7.59. The minimum atomic E-state index is -4.37. The van der Waals surface area contributed by atoms with Gasteiger partial charge in [-0.1, -0.05) is 0 Å². The van der Waals surface area contributed by atoms with Crippen molar-refractivity contribution in [3.05, 3.63) is 48.0 Å². The van der Waals surface area contributed by atoms with Gasteiger partial charge in [-0.2, -0.15) is 13.2 Å². The van der Waals surface area contributed by atoms with Crippen LogP contribution in [0, 0.1) is 0 Å². The monoisotopic (exact) mass is 383 g/mol. The van der Waals surface area contributed by atoms with Gasteiger partial charge in [0, 0.05) is 38.8 Å². The van der Waals surface area contributed by atoms with Crippen molar-refractivity contribution in [3.8, 4) is 0 Å². The molecule has 0 radical (unpaired) electrons. The van der Waals surface area contributed by atoms with Crippen molar-refractivity contribution in [2.45, 2.75) is 25.9 Å². The molecule has 0 unspecified atom stereocenters. The first-order valence-electron chi connectivity index (χ1n) is 8.80. The maximum atomic E-state index is 12.5. The van der Waals surface area contributed by atoms with Gasteiger partial charge < -0.3 is 20.4 Å². The summed E-state index contributed by atoms with van der Waals surface area (Å²) in [4.78, 5) is 8.24. The van der Waals surface area contributed by atoms with Crippen LogP contribution in [-0.2, 0) is 12.6 Å². The molecule has 0 aliphatic rings. The summed E-state index contributed by atoms with van der Waals surface area (Å²) in [5.74, 6) is 2.04. The summed E-state index contributed by atoms with van der Waals surface area (Å²) in [6.07, 6.45) is -0.414. The Bertz CT molecular complexity index is 684. The van der Waals surface area contributed by atoms with Crippen molar-refractivity contribution in [2.24, 2.45) is 4.99 Å². The minimum absolute atomic E-state index is 0.412. The number of hydrogen-bond acceptors (Lipinski definition) is 4. The molecule has 6 nitrogen and oxygen atoms in total. The lowest BCUT2D eigenvalue weighted by Crippen LogP contribution is -2.38. The molecular formula is C18H24F3N5O. The molecule has 3 N–H and O–H groups in total. The summed E-state index contributed by atoms with van der Waals surface area (Å²) in [6, 6.07) is 6.12. The third-order valence-electron chi connectivity index (χ3n) is 3.59. The van der Waals surface area contributed by atoms with E-state index in [4.69, 9.17) is 4.42 Å². The molecule has 148 valence electrons. The zero-order chi connectivity index (χ0) is 19.5. The van der Waals surface area contributed by atoms with Gasteiger partial charge in [0.1, 0.15) is 11.6 Å². The van der Waals surface area contributed by atoms with Crippen molar-refractivity contribution in [2.75, 3.05) is 31.5 Å². The fourth-order valence-corrected chi connectivity index (χ4v) is 2.25. The van der Waals surface area contributed by atoms with Crippen LogP contribution in [-0.4, -0.2) is 37.1 Å². The average molecular weight is 383 g/mol. The normalized spacial score (nSPS) is 12.1. The summed E-state index contributed by atoms with van der Waals surface area (Å²) in [6.45, 7) is 4.58. The molecule has 0 spiro atoms. The van der Waals surface area contributed by atoms with Crippen LogP contribution in [0.4, 0.5) is 19.0 Å². The van der Waals surface area contributed by atoms with E-state index in [9.17, 15) is 13.2 Å². The van der Waals surface area contributed by atoms with E-state index in [-0.39, 0.29) is 0 Å². The number of halogens is 3. The number of nitrogens with one attached hydrogen (secondary N) is 3. The van der Waals surface area contributed by atoms with Crippen molar-refractivity contribution >= 4 is 11.8 Å². The highest BCUT2D eigenvalue weighted by molar-refractivity contribution is 5.79. The van der Waals surface area contributed by atoms with E-state index in [0.717, 1.165) is 43.4 Å². The molecule has 27 heavy (non-hydrogen) atoms. The molecule has 0 aromatic carbocycles. The Morgan fingerprint density at radius 3 is 2.67 bits per heavy atom. The summed E-state index contributed by atoms with van der Waals surface area (Å²) in [5.41, 5.74) is -0.756. The number of hydrogen-bond donors (Lipinski definition) is 3. The molecule has 2 aromatic rings. The first-order valence-corrected chi connectivity index (χ1v) is 8.80. The first kappa shape index (κ1) is 20.6. The topological polar surface area (TPSA) is 74.5 Å². The Kier molecular flexibility index (Phi) is 7.97. The molecule has 0 bridgehead atoms. The van der Waals surface area contributed by atoms with Gasteiger partial charge in [0.15, 0.2) is 5.96 Å². The predicted molar refractivity (Wildman–Crippen MR) is 98.7 cm³/mol. The summed E-state index contributed by atoms with van der Waals surface area (Å²) in [5, 5.41) is 9.38. The van der Waals surface area contributed by atoms with Gasteiger partial charge in [-0.3, -0.25) is 4.99 Å². The standard InChI is InChI=1S/C18H24F3N5O/c1-2-22-17(25-11-8-15-5-3-12-27-15)24-10-4-9-23-16-7-6-14(13-26-16)18(19,20)21/h3,5-7,12-13H,2,4,8-11H2,1H3,(H,23,26)(H2,22,24,25). The van der Waals surface area contributed by atoms with Crippen LogP contribution in [0.5, 0.6) is 0 Å². The second-order valence-electron chi connectivity index (χ2n) is 5.73. The summed E-state index contributed by atoms with van der Waals surface area (Å²) in [7, 11) is 0. The van der Waals surface area contributed by atoms with Gasteiger partial charge in [-0.15, -0.1) is 0 Å². The SMILES string of the molecule is CCNC(=NCCCNc1ccc(C(F)(F)F)cn1)NCCc1ccco1. The number of aromatic nitrogens is 1. The molecular weight excluding hydrogens is 359 g/mol. The zero-order valence-electron chi connectivity index (χ0n) is 15.1. The molecule has 0 atom stereocenters. The van der Waals surface area contributed by atoms with E-state index in [1.54, 1.807) is 6.26 Å². The van der Waals surface area contributed by atoms with E-state index in [1.165, 1.54) is 6.07 Å². The van der Waals surface area contributed by atoms with Crippen LogP contribution in [0.15, 0.2) is 46.1 Å². The van der Waals surface area contributed by atoms with Crippen LogP contribution in [0.2, 0.25) is 0 Å². The molecule has 0 amide bonds. The third-order valence-corrected chi connectivity index (χ3v) is 3.59.